The summed E-state index contributed by atoms with van der Waals surface area (Å²) in [7, 11) is 8.68. The first-order valence-electron chi connectivity index (χ1n) is 41.2. The summed E-state index contributed by atoms with van der Waals surface area (Å²) in [5.74, 6) is -12.2. The number of hydrogen-bond donors (Lipinski definition) is 2. The van der Waals surface area contributed by atoms with Crippen molar-refractivity contribution in [1.82, 2.24) is 59.6 Å². The monoisotopic (exact) mass is 1560 g/mol. The van der Waals surface area contributed by atoms with Gasteiger partial charge in [-0.3, -0.25) is 57.5 Å². The van der Waals surface area contributed by atoms with Crippen LogP contribution in [0.25, 0.3) is 0 Å². The molecule has 618 valence electrons. The molecule has 3 saturated heterocycles. The molecule has 0 aromatic rings. The standard InChI is InChI=1S/C80H125F5N12O13/c1-12-24-59-70(101)87-68(50(5)13-2)76(107)96(54-33-34-54)48-66(100)90(8)60-27-17-15-22-40-95(75(60)106)62(43-51-30-28-49(4)29-31-51)72(103)88(6)47-64(98)86-58(35-32-52-41-56(81)67(57(82)42-52)80(83,84)85)71(102)97-46-55(110-14-3)44-63(97)73(104)93(11)79(36-23-37-79)78(109)92(10)69(53-25-18-19-26-53)77(108)91(9)61(45-65(99)89(59)7)74(105)94-38-20-16-21-39-94/h15,17,49-63,67-69H,12-14,16,18-48H2,1-11H3,(H,86,98)(H,87,101)/b17-15-/t49?,50-,51?,52?,55+,56?,57?,58-,59-,60-,61-,62-,63-,67?,68-,69-/m0/s1. The number of amides is 12. The van der Waals surface area contributed by atoms with E-state index in [2.05, 4.69) is 17.6 Å². The number of rotatable bonds is 14. The van der Waals surface area contributed by atoms with E-state index in [-0.39, 0.29) is 77.0 Å². The van der Waals surface area contributed by atoms with Gasteiger partial charge in [0.25, 0.3) is 0 Å². The summed E-state index contributed by atoms with van der Waals surface area (Å²) in [4.78, 5) is 198. The lowest BCUT2D eigenvalue weighted by Gasteiger charge is -2.51. The highest BCUT2D eigenvalue weighted by atomic mass is 19.4. The topological polar surface area (TPSA) is 271 Å². The van der Waals surface area contributed by atoms with Crippen LogP contribution in [0.15, 0.2) is 12.2 Å². The highest BCUT2D eigenvalue weighted by Gasteiger charge is 2.58. The Balaban J connectivity index is 1.12. The lowest BCUT2D eigenvalue weighted by Crippen LogP contribution is -2.68. The normalized spacial score (nSPS) is 33.1. The van der Waals surface area contributed by atoms with Crippen molar-refractivity contribution >= 4 is 70.9 Å². The Morgan fingerprint density at radius 1 is 0.618 bits per heavy atom. The van der Waals surface area contributed by atoms with Crippen molar-refractivity contribution in [3.63, 3.8) is 0 Å². The van der Waals surface area contributed by atoms with Crippen molar-refractivity contribution in [1.29, 1.82) is 0 Å². The number of nitrogens with zero attached hydrogens (tertiary/aromatic N) is 10. The van der Waals surface area contributed by atoms with Crippen molar-refractivity contribution in [3.05, 3.63) is 12.2 Å². The minimum absolute atomic E-state index is 0.0327. The van der Waals surface area contributed by atoms with Crippen LogP contribution in [0.2, 0.25) is 0 Å². The molecule has 25 nitrogen and oxygen atoms in total. The lowest BCUT2D eigenvalue weighted by molar-refractivity contribution is -0.219. The number of likely N-dealkylation sites (tertiary alicyclic amines) is 1. The average molecular weight is 1560 g/mol. The molecule has 8 fully saturated rings. The molecule has 1 spiro atoms. The molecule has 30 heteroatoms. The van der Waals surface area contributed by atoms with Gasteiger partial charge in [-0.25, -0.2) is 8.78 Å². The summed E-state index contributed by atoms with van der Waals surface area (Å²) in [6.07, 6.45) is 0.989. The van der Waals surface area contributed by atoms with Crippen molar-refractivity contribution in [2.45, 2.75) is 299 Å². The molecule has 4 heterocycles. The molecule has 0 aromatic carbocycles. The Bertz CT molecular complexity index is 3290. The molecule has 5 saturated carbocycles. The minimum Gasteiger partial charge on any atom is -0.377 e. The van der Waals surface area contributed by atoms with E-state index in [1.54, 1.807) is 24.8 Å². The summed E-state index contributed by atoms with van der Waals surface area (Å²) in [5.41, 5.74) is -1.59. The predicted octanol–water partition coefficient (Wildman–Crippen LogP) is 7.36. The lowest BCUT2D eigenvalue weighted by atomic mass is 9.73. The number of halogens is 5. The third-order valence-corrected chi connectivity index (χ3v) is 26.2. The maximum Gasteiger partial charge on any atom is 0.397 e. The molecule has 5 aliphatic carbocycles. The van der Waals surface area contributed by atoms with Crippen molar-refractivity contribution in [2.24, 2.45) is 35.5 Å². The molecule has 9 rings (SSSR count). The fraction of sp³-hybridized carbons (Fsp3) is 0.825. The quantitative estimate of drug-likeness (QED) is 0.127. The maximum absolute atomic E-state index is 15.9. The van der Waals surface area contributed by atoms with E-state index in [0.29, 0.717) is 83.2 Å². The number of carbonyl (C=O) groups is 12. The summed E-state index contributed by atoms with van der Waals surface area (Å²) < 4.78 is 79.4. The molecule has 2 bridgehead atoms. The van der Waals surface area contributed by atoms with Crippen LogP contribution in [0.3, 0.4) is 0 Å². The summed E-state index contributed by atoms with van der Waals surface area (Å²) >= 11 is 0. The Labute approximate surface area is 646 Å². The molecular formula is C80H125F5N12O13. The number of likely N-dealkylation sites (N-methyl/N-ethyl adjacent to an activating group) is 6. The number of carbonyl (C=O) groups excluding carboxylic acids is 12. The molecule has 12 amide bonds. The van der Waals surface area contributed by atoms with Crippen molar-refractivity contribution in [2.75, 3.05) is 88.2 Å². The second kappa shape index (κ2) is 38.2. The minimum atomic E-state index is -5.17. The van der Waals surface area contributed by atoms with E-state index in [0.717, 1.165) is 49.8 Å². The van der Waals surface area contributed by atoms with Crippen LogP contribution in [0, 0.1) is 35.5 Å². The Hall–Kier alpha value is -7.01. The number of nitrogens with one attached hydrogen (secondary N) is 2. The van der Waals surface area contributed by atoms with Gasteiger partial charge in [-0.2, -0.15) is 13.2 Å². The first kappa shape index (κ1) is 87.0. The van der Waals surface area contributed by atoms with E-state index >= 15 is 61.5 Å². The molecule has 9 aliphatic rings. The smallest absolute Gasteiger partial charge is 0.377 e. The van der Waals surface area contributed by atoms with Gasteiger partial charge < -0.3 is 64.4 Å². The first-order valence-corrected chi connectivity index (χ1v) is 41.2. The fourth-order valence-corrected chi connectivity index (χ4v) is 18.7. The number of piperidine rings is 1. The summed E-state index contributed by atoms with van der Waals surface area (Å²) in [5, 5.41) is 5.76. The predicted molar refractivity (Wildman–Crippen MR) is 400 cm³/mol. The highest BCUT2D eigenvalue weighted by Crippen LogP contribution is 2.46. The van der Waals surface area contributed by atoms with Gasteiger partial charge in [0.05, 0.1) is 19.1 Å². The van der Waals surface area contributed by atoms with Gasteiger partial charge in [-0.05, 0) is 152 Å². The second-order valence-electron chi connectivity index (χ2n) is 33.7. The zero-order valence-electron chi connectivity index (χ0n) is 67.0. The molecular weight excluding hydrogens is 1430 g/mol. The second-order valence-corrected chi connectivity index (χ2v) is 33.7. The zero-order valence-corrected chi connectivity index (χ0v) is 67.0. The molecule has 0 radical (unpaired) electrons. The molecule has 2 unspecified atom stereocenters. The van der Waals surface area contributed by atoms with E-state index in [4.69, 9.17) is 4.74 Å². The summed E-state index contributed by atoms with van der Waals surface area (Å²) in [6.45, 7) is 8.85. The van der Waals surface area contributed by atoms with Crippen LogP contribution in [-0.2, 0) is 62.3 Å². The van der Waals surface area contributed by atoms with E-state index in [1.807, 2.05) is 19.9 Å². The third-order valence-electron chi connectivity index (χ3n) is 26.2. The van der Waals surface area contributed by atoms with Gasteiger partial charge in [-0.15, -0.1) is 0 Å². The van der Waals surface area contributed by atoms with Gasteiger partial charge in [0.15, 0.2) is 0 Å². The van der Waals surface area contributed by atoms with Gasteiger partial charge in [-0.1, -0.05) is 91.2 Å². The number of alkyl halides is 5. The summed E-state index contributed by atoms with van der Waals surface area (Å²) in [6, 6.07) is -10.8. The van der Waals surface area contributed by atoms with Crippen LogP contribution < -0.4 is 10.6 Å². The van der Waals surface area contributed by atoms with Crippen LogP contribution in [-0.4, -0.2) is 293 Å². The van der Waals surface area contributed by atoms with Crippen molar-refractivity contribution in [3.8, 4) is 0 Å². The average Bonchev–Trinajstić information content (AvgIpc) is 1.29. The zero-order chi connectivity index (χ0) is 80.4. The van der Waals surface area contributed by atoms with E-state index in [9.17, 15) is 18.0 Å². The number of fused-ring (bicyclic) bond motifs is 3. The van der Waals surface area contributed by atoms with Crippen molar-refractivity contribution < 1.29 is 84.2 Å². The van der Waals surface area contributed by atoms with Gasteiger partial charge in [0.2, 0.25) is 70.9 Å². The maximum atomic E-state index is 15.9. The van der Waals surface area contributed by atoms with E-state index < -0.39 is 211 Å². The van der Waals surface area contributed by atoms with Crippen LogP contribution in [0.5, 0.6) is 0 Å². The van der Waals surface area contributed by atoms with Crippen LogP contribution >= 0.6 is 0 Å². The highest BCUT2D eigenvalue weighted by molar-refractivity contribution is 6.01. The molecule has 4 aliphatic heterocycles. The Kier molecular flexibility index (Phi) is 30.2. The third kappa shape index (κ3) is 20.1. The van der Waals surface area contributed by atoms with Gasteiger partial charge in [0.1, 0.15) is 78.7 Å². The van der Waals surface area contributed by atoms with Crippen LogP contribution in [0.4, 0.5) is 22.0 Å². The number of ether oxygens (including phenoxy) is 1. The molecule has 2 N–H and O–H groups in total. The Morgan fingerprint density at radius 2 is 1.27 bits per heavy atom. The first-order chi connectivity index (χ1) is 52.2. The van der Waals surface area contributed by atoms with E-state index in [1.165, 1.54) is 81.5 Å². The SMILES string of the molecule is CCC[C@H]1C(=O)N[C@@H]([C@@H](C)CC)C(=O)N(C2CC2)CC(=O)N(C)[C@H]2C/C=C\CCN(C2=O)[C@@H](CC2CCC(C)CC2)C(=O)N(C)CC(=O)N[C@@H](CCC2CC(F)C(C(F)(F)F)C(F)C2)C(=O)N2C[C@H](OCC)C[C@H]2C(=O)N(C)C2(CCC2)C(=O)N(C)[C@@H](C2CCCC2)C(=O)N(C)[C@H](C(=O)N2CCCCC2)CC(=O)N1C. The number of hydrogen-bond acceptors (Lipinski definition) is 13. The fourth-order valence-electron chi connectivity index (χ4n) is 18.7. The largest absolute Gasteiger partial charge is 0.397 e. The molecule has 110 heavy (non-hydrogen) atoms. The van der Waals surface area contributed by atoms with Crippen LogP contribution in [0.1, 0.15) is 214 Å². The molecule has 12 atom stereocenters. The van der Waals surface area contributed by atoms with Gasteiger partial charge in [0, 0.05) is 87.5 Å². The Morgan fingerprint density at radius 3 is 1.86 bits per heavy atom. The molecule has 0 aromatic heterocycles. The van der Waals surface area contributed by atoms with Gasteiger partial charge >= 0.3 is 6.18 Å².